The first kappa shape index (κ1) is 96.9. The second-order valence-electron chi connectivity index (χ2n) is 29.3. The zero-order valence-corrected chi connectivity index (χ0v) is 77.4. The van der Waals surface area contributed by atoms with Gasteiger partial charge in [-0.1, -0.05) is 118 Å². The van der Waals surface area contributed by atoms with Crippen LogP contribution in [0.2, 0.25) is 0 Å². The summed E-state index contributed by atoms with van der Waals surface area (Å²) in [4.78, 5) is 154. The molecule has 16 rings (SSSR count). The number of fused-ring (bicyclic) bond motifs is 13. The third-order valence-electron chi connectivity index (χ3n) is 20.8. The second kappa shape index (κ2) is 43.9. The topological polar surface area (TPSA) is 575 Å². The van der Waals surface area contributed by atoms with E-state index in [4.69, 9.17) is 110 Å². The minimum absolute atomic E-state index is 0.000851. The number of amides is 4. The molecular weight excluding hydrogens is 1730 g/mol. The molecule has 0 spiro atoms. The largest absolute Gasteiger partial charge is 0.445 e. The fraction of sp³-hybridized carbons (Fsp3) is 0.440. The SMILES string of the molecule is CCc1nc(-c2nc(-c3nc(-c4nc(C(=O)NCc5nc(C)c(CC)o5)c(CC)o4)c(CC)o3)c(CC)o2)c(CC)o1.CCc1nc(-c2nc(-c3nc(-c4nc(C(=O)NCc5nc(C)c(CC)o5)c(CC)o4)c(CC)o3)c(CC)o2)c(CC)o1.CCc1oc2nc1C(=O)NCc1nc(c(CC)o1)-c1nc(c(CC)o1)-c1nc(c(CC)o1)-c1nc(c(CC)o1)C(=O)NC2.O=C=O.O=C=O. The van der Waals surface area contributed by atoms with Crippen LogP contribution in [-0.2, 0) is 155 Å². The number of nitrogens with zero attached hydrogens (tertiary/aromatic N) is 15. The van der Waals surface area contributed by atoms with Crippen molar-refractivity contribution in [2.75, 3.05) is 0 Å². The number of hydrogen-bond donors (Lipinski definition) is 4. The highest BCUT2D eigenvalue weighted by molar-refractivity contribution is 5.95. The van der Waals surface area contributed by atoms with E-state index >= 15 is 0 Å². The Labute approximate surface area is 760 Å². The molecule has 42 nitrogen and oxygen atoms in total. The third-order valence-corrected chi connectivity index (χ3v) is 20.8. The van der Waals surface area contributed by atoms with Gasteiger partial charge in [0.25, 0.3) is 23.6 Å². The van der Waals surface area contributed by atoms with E-state index in [0.29, 0.717) is 258 Å². The van der Waals surface area contributed by atoms with E-state index in [9.17, 15) is 19.2 Å². The molecule has 1 aliphatic heterocycles. The highest BCUT2D eigenvalue weighted by atomic mass is 16.4. The third kappa shape index (κ3) is 21.0. The van der Waals surface area contributed by atoms with E-state index in [1.807, 2.05) is 132 Å². The average Bonchev–Trinajstić information content (AvgIpc) is 1.62. The molecule has 4 amide bonds. The fourth-order valence-electron chi connectivity index (χ4n) is 14.2. The molecule has 0 saturated carbocycles. The van der Waals surface area contributed by atoms with Crippen LogP contribution in [0.25, 0.3) is 104 Å². The van der Waals surface area contributed by atoms with Gasteiger partial charge in [-0.05, 0) is 13.8 Å². The summed E-state index contributed by atoms with van der Waals surface area (Å²) in [7, 11) is 0. The molecule has 42 heteroatoms. The molecule has 0 saturated heterocycles. The maximum Gasteiger partial charge on any atom is 0.373 e. The number of carbonyl (C=O) groups is 4. The lowest BCUT2D eigenvalue weighted by atomic mass is 10.2. The van der Waals surface area contributed by atoms with E-state index in [-0.39, 0.29) is 114 Å². The number of hydrogen-bond acceptors (Lipinski definition) is 38. The van der Waals surface area contributed by atoms with E-state index in [1.54, 1.807) is 0 Å². The number of oxazole rings is 15. The summed E-state index contributed by atoms with van der Waals surface area (Å²) in [6.07, 6.45) is 10.0. The van der Waals surface area contributed by atoms with Crippen LogP contribution in [0.15, 0.2) is 66.3 Å². The van der Waals surface area contributed by atoms with Crippen LogP contribution in [0.5, 0.6) is 0 Å². The Kier molecular flexibility index (Phi) is 32.0. The first-order valence-corrected chi connectivity index (χ1v) is 44.3. The standard InChI is InChI=1S/2C30H36N6O6.C29H31N7O7.2CO2/c2*1-8-16-15(7)32-22(38-16)14-31-27(37)23-17(9-2)40-29(34-23)25-19(11-4)42-30(36-25)26-20(12-5)41-28(35-26)24-18(10-3)39-21(13-6)33-24;1-6-13-20-25(37)30-12-19-33-22(15(8-3)40-19)27-35-24(17(10-5)42-27)29-36-23(16(9-4)43-29)28-34-21(14(7-2)41-28)26(38)31-11-18(32-20)39-13;2*2-1-3/h2*8-14H2,1-7H3,(H,31,37);6-12H2,1-5H3,(H,30,37)(H,31,38);;. The van der Waals surface area contributed by atoms with Gasteiger partial charge in [0, 0.05) is 109 Å². The highest BCUT2D eigenvalue weighted by Gasteiger charge is 2.35. The molecule has 0 fully saturated rings. The molecule has 15 aromatic rings. The predicted octanol–water partition coefficient (Wildman–Crippen LogP) is 15.9. The lowest BCUT2D eigenvalue weighted by Crippen LogP contribution is -2.25. The van der Waals surface area contributed by atoms with Crippen molar-refractivity contribution in [1.82, 2.24) is 96.0 Å². The molecular formula is C91H103N19O23. The van der Waals surface area contributed by atoms with Crippen LogP contribution in [-0.4, -0.2) is 111 Å². The quantitative estimate of drug-likeness (QED) is 0.0338. The lowest BCUT2D eigenvalue weighted by Gasteiger charge is -2.01. The Bertz CT molecular complexity index is 6400. The van der Waals surface area contributed by atoms with Crippen molar-refractivity contribution in [3.63, 3.8) is 0 Å². The second-order valence-corrected chi connectivity index (χ2v) is 29.3. The molecule has 4 N–H and O–H groups in total. The minimum Gasteiger partial charge on any atom is -0.445 e. The molecule has 0 aromatic carbocycles. The number of aryl methyl sites for hydroxylation is 19. The molecule has 1 aliphatic rings. The van der Waals surface area contributed by atoms with Gasteiger partial charge in [0.05, 0.1) is 37.6 Å². The van der Waals surface area contributed by atoms with Gasteiger partial charge in [-0.25, -0.2) is 74.8 Å². The van der Waals surface area contributed by atoms with Gasteiger partial charge in [-0.15, -0.1) is 0 Å². The Morgan fingerprint density at radius 2 is 0.451 bits per heavy atom. The number of carbonyl (C=O) groups excluding carboxylic acids is 8. The van der Waals surface area contributed by atoms with Gasteiger partial charge in [-0.3, -0.25) is 19.2 Å². The van der Waals surface area contributed by atoms with Crippen molar-refractivity contribution in [3.05, 3.63) is 156 Å². The Balaban J connectivity index is 0.000000174. The number of rotatable bonds is 29. The van der Waals surface area contributed by atoms with E-state index in [2.05, 4.69) is 71.1 Å². The van der Waals surface area contributed by atoms with Gasteiger partial charge >= 0.3 is 12.3 Å². The zero-order valence-electron chi connectivity index (χ0n) is 77.4. The van der Waals surface area contributed by atoms with Crippen LogP contribution < -0.4 is 21.3 Å². The molecule has 0 aliphatic carbocycles. The minimum atomic E-state index is -0.484. The van der Waals surface area contributed by atoms with Gasteiger partial charge in [0.2, 0.25) is 76.6 Å². The normalized spacial score (nSPS) is 11.8. The molecule has 0 radical (unpaired) electrons. The van der Waals surface area contributed by atoms with Crippen molar-refractivity contribution >= 4 is 35.9 Å². The molecule has 15 aromatic heterocycles. The lowest BCUT2D eigenvalue weighted by molar-refractivity contribution is -0.193. The predicted molar refractivity (Wildman–Crippen MR) is 462 cm³/mol. The first-order chi connectivity index (χ1) is 64.3. The van der Waals surface area contributed by atoms with Gasteiger partial charge < -0.3 is 87.5 Å². The van der Waals surface area contributed by atoms with Crippen molar-refractivity contribution in [2.24, 2.45) is 0 Å². The van der Waals surface area contributed by atoms with Crippen LogP contribution in [0.3, 0.4) is 0 Å². The van der Waals surface area contributed by atoms with Crippen LogP contribution in [0.1, 0.15) is 293 Å². The maximum absolute atomic E-state index is 13.2. The summed E-state index contributed by atoms with van der Waals surface area (Å²) in [5, 5.41) is 11.2. The van der Waals surface area contributed by atoms with Gasteiger partial charge in [0.1, 0.15) is 86.4 Å². The first-order valence-electron chi connectivity index (χ1n) is 44.3. The Hall–Kier alpha value is -15.2. The van der Waals surface area contributed by atoms with E-state index < -0.39 is 23.6 Å². The summed E-state index contributed by atoms with van der Waals surface area (Å²) >= 11 is 0. The summed E-state index contributed by atoms with van der Waals surface area (Å²) in [5.41, 5.74) is 6.38. The van der Waals surface area contributed by atoms with E-state index in [1.165, 1.54) is 0 Å². The summed E-state index contributed by atoms with van der Waals surface area (Å²) < 4.78 is 89.7. The Morgan fingerprint density at radius 1 is 0.248 bits per heavy atom. The molecule has 0 unspecified atom stereocenters. The van der Waals surface area contributed by atoms with Crippen molar-refractivity contribution in [2.45, 2.75) is 267 Å². The molecule has 133 heavy (non-hydrogen) atoms. The Morgan fingerprint density at radius 3 is 0.722 bits per heavy atom. The van der Waals surface area contributed by atoms with Crippen LogP contribution in [0, 0.1) is 13.8 Å². The van der Waals surface area contributed by atoms with Gasteiger partial charge in [-0.2, -0.15) is 19.2 Å². The monoisotopic (exact) mass is 1830 g/mol. The van der Waals surface area contributed by atoms with Crippen molar-refractivity contribution in [3.8, 4) is 104 Å². The molecule has 16 heterocycles. The summed E-state index contributed by atoms with van der Waals surface area (Å²) in [6, 6.07) is 0. The molecule has 10 bridgehead atoms. The fourth-order valence-corrected chi connectivity index (χ4v) is 14.2. The highest BCUT2D eigenvalue weighted by Crippen LogP contribution is 2.40. The molecule has 0 atom stereocenters. The average molecular weight is 1830 g/mol. The summed E-state index contributed by atoms with van der Waals surface area (Å²) in [5.74, 6) is 11.8. The maximum atomic E-state index is 13.2. The van der Waals surface area contributed by atoms with Crippen molar-refractivity contribution in [1.29, 1.82) is 0 Å². The van der Waals surface area contributed by atoms with Gasteiger partial charge in [0.15, 0.2) is 85.8 Å². The van der Waals surface area contributed by atoms with Crippen molar-refractivity contribution < 1.29 is 105 Å². The van der Waals surface area contributed by atoms with E-state index in [0.717, 1.165) is 35.7 Å². The smallest absolute Gasteiger partial charge is 0.373 e. The van der Waals surface area contributed by atoms with Crippen LogP contribution in [0.4, 0.5) is 0 Å². The molecule has 700 valence electrons. The zero-order chi connectivity index (χ0) is 95.6. The van der Waals surface area contributed by atoms with Crippen LogP contribution >= 0.6 is 0 Å². The number of aromatic nitrogens is 15. The number of nitrogens with one attached hydrogen (secondary N) is 4. The summed E-state index contributed by atoms with van der Waals surface area (Å²) in [6.45, 7) is 37.0.